The van der Waals surface area contributed by atoms with Gasteiger partial charge in [-0.15, -0.1) is 0 Å². The largest absolute Gasteiger partial charge is 0.497 e. The quantitative estimate of drug-likeness (QED) is 0.161. The molecule has 44 heavy (non-hydrogen) atoms. The summed E-state index contributed by atoms with van der Waals surface area (Å²) in [6.45, 7) is 3.45. The molecule has 4 atom stereocenters. The second-order valence-electron chi connectivity index (χ2n) is 12.4. The third-order valence-electron chi connectivity index (χ3n) is 9.28. The zero-order valence-corrected chi connectivity index (χ0v) is 27.1. The van der Waals surface area contributed by atoms with Crippen LogP contribution in [0.3, 0.4) is 0 Å². The van der Waals surface area contributed by atoms with E-state index in [0.29, 0.717) is 44.8 Å². The Hall–Kier alpha value is -2.50. The highest BCUT2D eigenvalue weighted by atomic mass is 32.2. The van der Waals surface area contributed by atoms with Crippen molar-refractivity contribution >= 4 is 15.9 Å². The topological polar surface area (TPSA) is 126 Å². The highest BCUT2D eigenvalue weighted by Gasteiger charge is 2.42. The molecule has 0 radical (unpaired) electrons. The molecule has 2 aromatic carbocycles. The van der Waals surface area contributed by atoms with Gasteiger partial charge in [0.25, 0.3) is 0 Å². The first-order chi connectivity index (χ1) is 21.2. The van der Waals surface area contributed by atoms with Crippen LogP contribution in [0.4, 0.5) is 0 Å². The van der Waals surface area contributed by atoms with Crippen LogP contribution in [0.15, 0.2) is 59.5 Å². The predicted octanol–water partition coefficient (Wildman–Crippen LogP) is 4.34. The number of ether oxygens (including phenoxy) is 2. The van der Waals surface area contributed by atoms with Gasteiger partial charge in [0.05, 0.1) is 29.6 Å². The van der Waals surface area contributed by atoms with Crippen molar-refractivity contribution < 1.29 is 27.8 Å². The van der Waals surface area contributed by atoms with Gasteiger partial charge in [0.2, 0.25) is 15.9 Å². The number of hydrogen-bond acceptors (Lipinski definition) is 7. The zero-order chi connectivity index (χ0) is 31.4. The van der Waals surface area contributed by atoms with Crippen LogP contribution in [-0.2, 0) is 26.0 Å². The first-order valence-corrected chi connectivity index (χ1v) is 17.7. The highest BCUT2D eigenvalue weighted by Crippen LogP contribution is 2.41. The lowest BCUT2D eigenvalue weighted by molar-refractivity contribution is -0.133. The van der Waals surface area contributed by atoms with E-state index in [2.05, 4.69) is 15.4 Å². The summed E-state index contributed by atoms with van der Waals surface area (Å²) in [7, 11) is -2.13. The van der Waals surface area contributed by atoms with Crippen molar-refractivity contribution in [2.45, 2.75) is 107 Å². The van der Waals surface area contributed by atoms with E-state index >= 15 is 0 Å². The van der Waals surface area contributed by atoms with E-state index in [1.54, 1.807) is 31.4 Å². The Morgan fingerprint density at radius 1 is 1.00 bits per heavy atom. The van der Waals surface area contributed by atoms with Gasteiger partial charge in [-0.1, -0.05) is 56.0 Å². The number of aliphatic hydroxyl groups excluding tert-OH is 1. The van der Waals surface area contributed by atoms with Gasteiger partial charge in [-0.05, 0) is 81.7 Å². The number of hydrogen-bond donors (Lipinski definition) is 4. The van der Waals surface area contributed by atoms with Crippen LogP contribution in [-0.4, -0.2) is 70.5 Å². The standard InChI is InChI=1S/C34H51N3O6S/c1-3-43-22-21-34(19-9-10-20-34)33(39)36-31(23-26-11-5-4-6-12-26)32(38)25-35-27-13-7-8-14-28(24-27)37-44(40,41)30-17-15-29(42-2)16-18-30/h4-6,11-12,15-18,27-28,31-32,35,37-38H,3,7-10,13-14,19-25H2,1-2H3,(H,36,39)/t27?,28?,31-,32+/m0/s1. The number of carbonyl (C=O) groups excluding carboxylic acids is 1. The fraction of sp³-hybridized carbons (Fsp3) is 0.618. The van der Waals surface area contributed by atoms with Gasteiger partial charge in [0.1, 0.15) is 5.75 Å². The molecule has 2 fully saturated rings. The van der Waals surface area contributed by atoms with E-state index in [4.69, 9.17) is 9.47 Å². The second-order valence-corrected chi connectivity index (χ2v) is 14.1. The summed E-state index contributed by atoms with van der Waals surface area (Å²) in [6.07, 6.45) is 8.30. The van der Waals surface area contributed by atoms with Crippen LogP contribution >= 0.6 is 0 Å². The van der Waals surface area contributed by atoms with Crippen molar-refractivity contribution in [2.75, 3.05) is 26.9 Å². The van der Waals surface area contributed by atoms with E-state index in [-0.39, 0.29) is 22.9 Å². The number of carbonyl (C=O) groups is 1. The second kappa shape index (κ2) is 16.7. The minimum Gasteiger partial charge on any atom is -0.497 e. The van der Waals surface area contributed by atoms with Gasteiger partial charge >= 0.3 is 0 Å². The lowest BCUT2D eigenvalue weighted by Crippen LogP contribution is -2.53. The first-order valence-electron chi connectivity index (χ1n) is 16.2. The lowest BCUT2D eigenvalue weighted by atomic mass is 9.81. The molecule has 0 spiro atoms. The van der Waals surface area contributed by atoms with Crippen LogP contribution < -0.4 is 20.1 Å². The molecule has 2 saturated carbocycles. The maximum Gasteiger partial charge on any atom is 0.240 e. The third kappa shape index (κ3) is 9.75. The molecule has 2 aliphatic rings. The molecular formula is C34H51N3O6S. The van der Waals surface area contributed by atoms with Gasteiger partial charge < -0.3 is 25.2 Å². The average Bonchev–Trinajstić information content (AvgIpc) is 3.41. The summed E-state index contributed by atoms with van der Waals surface area (Å²) < 4.78 is 39.9. The van der Waals surface area contributed by atoms with Gasteiger partial charge in [-0.2, -0.15) is 0 Å². The fourth-order valence-corrected chi connectivity index (χ4v) is 7.94. The zero-order valence-electron chi connectivity index (χ0n) is 26.3. The van der Waals surface area contributed by atoms with Crippen molar-refractivity contribution in [3.8, 4) is 5.75 Å². The van der Waals surface area contributed by atoms with Crippen LogP contribution in [0.25, 0.3) is 0 Å². The molecular weight excluding hydrogens is 578 g/mol. The van der Waals surface area contributed by atoms with E-state index < -0.39 is 27.6 Å². The third-order valence-corrected chi connectivity index (χ3v) is 10.8. The molecule has 0 aromatic heterocycles. The molecule has 244 valence electrons. The number of methoxy groups -OCH3 is 1. The Balaban J connectivity index is 1.39. The molecule has 9 nitrogen and oxygen atoms in total. The van der Waals surface area contributed by atoms with Crippen molar-refractivity contribution in [3.05, 3.63) is 60.2 Å². The number of benzene rings is 2. The summed E-state index contributed by atoms with van der Waals surface area (Å²) in [5.74, 6) is 0.615. The summed E-state index contributed by atoms with van der Waals surface area (Å²) in [4.78, 5) is 14.0. The van der Waals surface area contributed by atoms with Crippen LogP contribution in [0.5, 0.6) is 5.75 Å². The number of aliphatic hydroxyl groups is 1. The Bertz CT molecular complexity index is 1250. The molecule has 10 heteroatoms. The lowest BCUT2D eigenvalue weighted by Gasteiger charge is -2.33. The summed E-state index contributed by atoms with van der Waals surface area (Å²) in [5, 5.41) is 18.3. The molecule has 0 aliphatic heterocycles. The maximum atomic E-state index is 13.8. The smallest absolute Gasteiger partial charge is 0.240 e. The SMILES string of the molecule is CCOCCC1(C(=O)N[C@@H](Cc2ccccc2)[C@H](O)CNC2CCCCC(NS(=O)(=O)c3ccc(OC)cc3)C2)CCCC1. The van der Waals surface area contributed by atoms with E-state index in [9.17, 15) is 18.3 Å². The molecule has 2 aromatic rings. The predicted molar refractivity (Wildman–Crippen MR) is 172 cm³/mol. The molecule has 1 amide bonds. The Morgan fingerprint density at radius 2 is 1.68 bits per heavy atom. The van der Waals surface area contributed by atoms with Crippen molar-refractivity contribution in [1.29, 1.82) is 0 Å². The van der Waals surface area contributed by atoms with Crippen molar-refractivity contribution in [1.82, 2.24) is 15.4 Å². The molecule has 4 N–H and O–H groups in total. The van der Waals surface area contributed by atoms with Crippen molar-refractivity contribution in [2.24, 2.45) is 5.41 Å². The maximum absolute atomic E-state index is 13.8. The molecule has 4 rings (SSSR count). The van der Waals surface area contributed by atoms with Crippen LogP contribution in [0.1, 0.15) is 76.7 Å². The van der Waals surface area contributed by atoms with E-state index in [1.807, 2.05) is 37.3 Å². The minimum atomic E-state index is -3.68. The molecule has 2 unspecified atom stereocenters. The minimum absolute atomic E-state index is 0.0113. The normalized spacial score (nSPS) is 21.7. The summed E-state index contributed by atoms with van der Waals surface area (Å²) in [5.41, 5.74) is 0.599. The molecule has 2 aliphatic carbocycles. The van der Waals surface area contributed by atoms with E-state index in [0.717, 1.165) is 56.9 Å². The first kappa shape index (κ1) is 34.4. The number of sulfonamides is 1. The molecule has 0 bridgehead atoms. The summed E-state index contributed by atoms with van der Waals surface area (Å²) in [6, 6.07) is 15.7. The van der Waals surface area contributed by atoms with Gasteiger partial charge in [0, 0.05) is 31.8 Å². The van der Waals surface area contributed by atoms with Gasteiger partial charge in [-0.3, -0.25) is 4.79 Å². The van der Waals surface area contributed by atoms with Crippen LogP contribution in [0, 0.1) is 5.41 Å². The monoisotopic (exact) mass is 629 g/mol. The summed E-state index contributed by atoms with van der Waals surface area (Å²) >= 11 is 0. The fourth-order valence-electron chi connectivity index (χ4n) is 6.65. The molecule has 0 heterocycles. The van der Waals surface area contributed by atoms with E-state index in [1.165, 1.54) is 0 Å². The number of nitrogens with one attached hydrogen (secondary N) is 3. The Labute approximate surface area is 263 Å². The Kier molecular flexibility index (Phi) is 13.1. The highest BCUT2D eigenvalue weighted by molar-refractivity contribution is 7.89. The van der Waals surface area contributed by atoms with Gasteiger partial charge in [0.15, 0.2) is 0 Å². The van der Waals surface area contributed by atoms with Gasteiger partial charge in [-0.25, -0.2) is 13.1 Å². The molecule has 0 saturated heterocycles. The number of rotatable bonds is 16. The van der Waals surface area contributed by atoms with Crippen LogP contribution in [0.2, 0.25) is 0 Å². The Morgan fingerprint density at radius 3 is 2.34 bits per heavy atom. The number of amides is 1. The average molecular weight is 630 g/mol. The van der Waals surface area contributed by atoms with Crippen molar-refractivity contribution in [3.63, 3.8) is 0 Å².